The molecular formula is C21H21N7. The molecule has 3 aromatic heterocycles. The zero-order chi connectivity index (χ0) is 19.5. The van der Waals surface area contributed by atoms with Crippen molar-refractivity contribution in [3.63, 3.8) is 0 Å². The molecule has 140 valence electrons. The molecule has 0 bridgehead atoms. The smallest absolute Gasteiger partial charge is 0.180 e. The summed E-state index contributed by atoms with van der Waals surface area (Å²) in [4.78, 5) is 11.0. The van der Waals surface area contributed by atoms with Gasteiger partial charge >= 0.3 is 0 Å². The molecule has 0 unspecified atom stereocenters. The second-order valence-corrected chi connectivity index (χ2v) is 6.26. The second kappa shape index (κ2) is 7.40. The maximum absolute atomic E-state index is 4.55. The Hall–Kier alpha value is -3.87. The number of hydrogen-bond acceptors (Lipinski definition) is 5. The predicted molar refractivity (Wildman–Crippen MR) is 112 cm³/mol. The van der Waals surface area contributed by atoms with Crippen molar-refractivity contribution in [2.45, 2.75) is 6.92 Å². The molecule has 3 heterocycles. The lowest BCUT2D eigenvalue weighted by atomic mass is 10.2. The van der Waals surface area contributed by atoms with Gasteiger partial charge in [-0.3, -0.25) is 9.08 Å². The summed E-state index contributed by atoms with van der Waals surface area (Å²) in [5.41, 5.74) is 4.69. The van der Waals surface area contributed by atoms with Crippen LogP contribution in [0.15, 0.2) is 80.3 Å². The van der Waals surface area contributed by atoms with Gasteiger partial charge in [0.1, 0.15) is 0 Å². The van der Waals surface area contributed by atoms with Gasteiger partial charge in [0, 0.05) is 55.0 Å². The topological polar surface area (TPSA) is 63.3 Å². The summed E-state index contributed by atoms with van der Waals surface area (Å²) in [6, 6.07) is 8.06. The van der Waals surface area contributed by atoms with Crippen LogP contribution in [0.1, 0.15) is 6.92 Å². The van der Waals surface area contributed by atoms with Crippen LogP contribution in [0.5, 0.6) is 0 Å². The van der Waals surface area contributed by atoms with Crippen molar-refractivity contribution in [1.82, 2.24) is 24.1 Å². The number of hydrogen-bond donors (Lipinski definition) is 1. The van der Waals surface area contributed by atoms with Gasteiger partial charge < -0.3 is 10.2 Å². The Morgan fingerprint density at radius 1 is 1.14 bits per heavy atom. The predicted octanol–water partition coefficient (Wildman–Crippen LogP) is 4.36. The third-order valence-electron chi connectivity index (χ3n) is 4.36. The maximum atomic E-state index is 4.55. The lowest BCUT2D eigenvalue weighted by molar-refractivity contribution is 0.768. The second-order valence-electron chi connectivity index (χ2n) is 6.26. The molecule has 0 fully saturated rings. The number of aryl methyl sites for hydroxylation is 1. The van der Waals surface area contributed by atoms with E-state index in [1.54, 1.807) is 17.1 Å². The highest BCUT2D eigenvalue weighted by atomic mass is 15.2. The molecule has 0 saturated carbocycles. The Morgan fingerprint density at radius 3 is 2.64 bits per heavy atom. The van der Waals surface area contributed by atoms with Crippen molar-refractivity contribution in [3.8, 4) is 11.3 Å². The molecule has 0 spiro atoms. The lowest BCUT2D eigenvalue weighted by Crippen LogP contribution is -2.05. The van der Waals surface area contributed by atoms with E-state index >= 15 is 0 Å². The number of aromatic nitrogens is 5. The van der Waals surface area contributed by atoms with Crippen molar-refractivity contribution in [1.29, 1.82) is 0 Å². The van der Waals surface area contributed by atoms with Gasteiger partial charge in [-0.25, -0.2) is 9.97 Å². The maximum Gasteiger partial charge on any atom is 0.180 e. The van der Waals surface area contributed by atoms with Crippen LogP contribution in [-0.2, 0) is 7.05 Å². The minimum Gasteiger partial charge on any atom is -0.337 e. The van der Waals surface area contributed by atoms with Crippen molar-refractivity contribution in [2.24, 2.45) is 7.05 Å². The Morgan fingerprint density at radius 2 is 1.96 bits per heavy atom. The lowest BCUT2D eigenvalue weighted by Gasteiger charge is -2.15. The van der Waals surface area contributed by atoms with E-state index in [1.165, 1.54) is 0 Å². The summed E-state index contributed by atoms with van der Waals surface area (Å²) in [5.74, 6) is 0.694. The third kappa shape index (κ3) is 3.25. The number of allylic oxidation sites excluding steroid dienone is 1. The highest BCUT2D eigenvalue weighted by Gasteiger charge is 2.12. The first kappa shape index (κ1) is 17.5. The van der Waals surface area contributed by atoms with Crippen LogP contribution < -0.4 is 10.2 Å². The van der Waals surface area contributed by atoms with Crippen LogP contribution in [-0.4, -0.2) is 24.1 Å². The number of anilines is 3. The minimum atomic E-state index is 0.694. The van der Waals surface area contributed by atoms with Crippen LogP contribution in [0, 0.1) is 0 Å². The Kier molecular flexibility index (Phi) is 4.63. The molecule has 7 nitrogen and oxygen atoms in total. The summed E-state index contributed by atoms with van der Waals surface area (Å²) in [5, 5.41) is 7.60. The van der Waals surface area contributed by atoms with Gasteiger partial charge in [-0.05, 0) is 31.2 Å². The quantitative estimate of drug-likeness (QED) is 0.546. The molecule has 0 radical (unpaired) electrons. The first-order valence-electron chi connectivity index (χ1n) is 8.91. The number of nitrogens with zero attached hydrogens (tertiary/aromatic N) is 6. The first-order chi connectivity index (χ1) is 13.7. The fourth-order valence-electron chi connectivity index (χ4n) is 3.04. The van der Waals surface area contributed by atoms with E-state index in [1.807, 2.05) is 84.6 Å². The van der Waals surface area contributed by atoms with E-state index in [4.69, 9.17) is 0 Å². The Balaban J connectivity index is 1.63. The Labute approximate surface area is 163 Å². The summed E-state index contributed by atoms with van der Waals surface area (Å²) in [6.07, 6.45) is 15.0. The van der Waals surface area contributed by atoms with Gasteiger partial charge in [0.25, 0.3) is 0 Å². The Bertz CT molecular complexity index is 1140. The monoisotopic (exact) mass is 371 g/mol. The van der Waals surface area contributed by atoms with Crippen LogP contribution in [0.2, 0.25) is 0 Å². The van der Waals surface area contributed by atoms with Crippen molar-refractivity contribution in [2.75, 3.05) is 10.2 Å². The molecule has 1 aromatic carbocycles. The fraction of sp³-hybridized carbons (Fsp3) is 0.0952. The van der Waals surface area contributed by atoms with Gasteiger partial charge in [-0.1, -0.05) is 12.7 Å². The average molecular weight is 371 g/mol. The van der Waals surface area contributed by atoms with Crippen LogP contribution in [0.25, 0.3) is 16.9 Å². The summed E-state index contributed by atoms with van der Waals surface area (Å²) in [7, 11) is 1.90. The van der Waals surface area contributed by atoms with E-state index in [0.29, 0.717) is 5.82 Å². The molecule has 4 rings (SSSR count). The number of benzene rings is 1. The summed E-state index contributed by atoms with van der Waals surface area (Å²) < 4.78 is 3.78. The normalized spacial score (nSPS) is 11.2. The van der Waals surface area contributed by atoms with Gasteiger partial charge in [0.05, 0.1) is 18.1 Å². The van der Waals surface area contributed by atoms with Crippen molar-refractivity contribution >= 4 is 22.8 Å². The highest BCUT2D eigenvalue weighted by Crippen LogP contribution is 2.26. The molecule has 1 N–H and O–H groups in total. The van der Waals surface area contributed by atoms with E-state index in [9.17, 15) is 0 Å². The number of fused-ring (bicyclic) bond motifs is 1. The molecule has 0 aliphatic heterocycles. The zero-order valence-corrected chi connectivity index (χ0v) is 15.8. The molecule has 0 saturated heterocycles. The third-order valence-corrected chi connectivity index (χ3v) is 4.36. The SMILES string of the molecule is C=CN(/C=C\C)c1ccc(Nc2nccn3c(-c4cnn(C)c4)cnc23)cc1. The van der Waals surface area contributed by atoms with E-state index in [0.717, 1.165) is 28.3 Å². The van der Waals surface area contributed by atoms with Crippen LogP contribution in [0.3, 0.4) is 0 Å². The van der Waals surface area contributed by atoms with Gasteiger partial charge in [0.15, 0.2) is 11.5 Å². The number of imidazole rings is 1. The molecule has 28 heavy (non-hydrogen) atoms. The molecule has 0 atom stereocenters. The minimum absolute atomic E-state index is 0.694. The van der Waals surface area contributed by atoms with Crippen LogP contribution in [0.4, 0.5) is 17.2 Å². The van der Waals surface area contributed by atoms with Crippen LogP contribution >= 0.6 is 0 Å². The zero-order valence-electron chi connectivity index (χ0n) is 15.8. The highest BCUT2D eigenvalue weighted by molar-refractivity contribution is 5.74. The largest absolute Gasteiger partial charge is 0.337 e. The number of rotatable bonds is 6. The van der Waals surface area contributed by atoms with E-state index in [2.05, 4.69) is 27.0 Å². The first-order valence-corrected chi connectivity index (χ1v) is 8.91. The van der Waals surface area contributed by atoms with Gasteiger partial charge in [0.2, 0.25) is 0 Å². The number of nitrogens with one attached hydrogen (secondary N) is 1. The van der Waals surface area contributed by atoms with Gasteiger partial charge in [-0.2, -0.15) is 5.10 Å². The van der Waals surface area contributed by atoms with Crippen molar-refractivity contribution in [3.05, 3.63) is 80.3 Å². The molecule has 7 heteroatoms. The standard InChI is InChI=1S/C21H21N7/c1-4-11-27(5-2)18-8-6-17(7-9-18)25-20-21-23-14-19(28(21)12-10-22-20)16-13-24-26(3)15-16/h4-15H,2H2,1,3H3,(H,22,25)/b11-4-. The average Bonchev–Trinajstić information content (AvgIpc) is 3.33. The van der Waals surface area contributed by atoms with E-state index in [-0.39, 0.29) is 0 Å². The summed E-state index contributed by atoms with van der Waals surface area (Å²) in [6.45, 7) is 5.82. The molecule has 0 aliphatic rings. The van der Waals surface area contributed by atoms with Gasteiger partial charge in [-0.15, -0.1) is 0 Å². The fourth-order valence-corrected chi connectivity index (χ4v) is 3.04. The molecular weight excluding hydrogens is 350 g/mol. The summed E-state index contributed by atoms with van der Waals surface area (Å²) >= 11 is 0. The molecule has 4 aromatic rings. The molecule has 0 aliphatic carbocycles. The molecule has 0 amide bonds. The van der Waals surface area contributed by atoms with Crippen molar-refractivity contribution < 1.29 is 0 Å². The van der Waals surface area contributed by atoms with E-state index < -0.39 is 0 Å².